The maximum atomic E-state index is 11.7. The van der Waals surface area contributed by atoms with Gasteiger partial charge in [0.15, 0.2) is 11.5 Å². The predicted molar refractivity (Wildman–Crippen MR) is 60.4 cm³/mol. The molecule has 0 radical (unpaired) electrons. The highest BCUT2D eigenvalue weighted by Crippen LogP contribution is 2.40. The van der Waals surface area contributed by atoms with Crippen LogP contribution in [-0.2, 0) is 9.59 Å². The summed E-state index contributed by atoms with van der Waals surface area (Å²) in [7, 11) is 0. The first-order valence-electron chi connectivity index (χ1n) is 5.58. The molecule has 0 aromatic heterocycles. The van der Waals surface area contributed by atoms with Gasteiger partial charge in [0.05, 0.1) is 11.8 Å². The van der Waals surface area contributed by atoms with Gasteiger partial charge in [-0.2, -0.15) is 0 Å². The lowest BCUT2D eigenvalue weighted by Crippen LogP contribution is -2.16. The molecule has 1 aromatic carbocycles. The van der Waals surface area contributed by atoms with Gasteiger partial charge in [0.25, 0.3) is 0 Å². The first kappa shape index (κ1) is 10.9. The van der Waals surface area contributed by atoms with Crippen LogP contribution in [0.4, 0.5) is 5.69 Å². The van der Waals surface area contributed by atoms with Crippen LogP contribution in [0.3, 0.4) is 0 Å². The summed E-state index contributed by atoms with van der Waals surface area (Å²) in [5, 5.41) is 11.4. The molecule has 0 spiro atoms. The van der Waals surface area contributed by atoms with Crippen molar-refractivity contribution in [2.24, 2.45) is 11.8 Å². The SMILES string of the molecule is O=C(O)C1CC1C(=O)Nc1ccc2c(c1)OCO2. The highest BCUT2D eigenvalue weighted by molar-refractivity contribution is 5.98. The molecule has 2 aliphatic rings. The summed E-state index contributed by atoms with van der Waals surface area (Å²) in [5.74, 6) is -0.921. The standard InChI is InChI=1S/C12H11NO5/c14-11(7-4-8(7)12(15)16)13-6-1-2-9-10(3-6)18-5-17-9/h1-3,7-8H,4-5H2,(H,13,14)(H,15,16). The largest absolute Gasteiger partial charge is 0.481 e. The highest BCUT2D eigenvalue weighted by Gasteiger charge is 2.48. The number of amides is 1. The number of ether oxygens (including phenoxy) is 2. The molecule has 94 valence electrons. The third-order valence-electron chi connectivity index (χ3n) is 3.08. The Labute approximate surface area is 103 Å². The molecule has 1 aromatic rings. The Morgan fingerprint density at radius 1 is 1.22 bits per heavy atom. The fourth-order valence-electron chi connectivity index (χ4n) is 1.97. The minimum atomic E-state index is -0.916. The molecule has 1 aliphatic carbocycles. The van der Waals surface area contributed by atoms with Gasteiger partial charge >= 0.3 is 5.97 Å². The minimum Gasteiger partial charge on any atom is -0.481 e. The Morgan fingerprint density at radius 3 is 2.72 bits per heavy atom. The number of hydrogen-bond donors (Lipinski definition) is 2. The molecule has 3 rings (SSSR count). The Hall–Kier alpha value is -2.24. The van der Waals surface area contributed by atoms with E-state index in [-0.39, 0.29) is 12.7 Å². The van der Waals surface area contributed by atoms with Crippen LogP contribution in [0.5, 0.6) is 11.5 Å². The summed E-state index contributed by atoms with van der Waals surface area (Å²) in [4.78, 5) is 22.4. The smallest absolute Gasteiger partial charge is 0.307 e. The first-order valence-corrected chi connectivity index (χ1v) is 5.58. The molecule has 2 atom stereocenters. The van der Waals surface area contributed by atoms with E-state index in [1.165, 1.54) is 0 Å². The molecule has 1 aliphatic heterocycles. The van der Waals surface area contributed by atoms with Gasteiger partial charge in [0.1, 0.15) is 0 Å². The molecule has 6 heteroatoms. The first-order chi connectivity index (χ1) is 8.65. The van der Waals surface area contributed by atoms with E-state index in [4.69, 9.17) is 14.6 Å². The van der Waals surface area contributed by atoms with Crippen molar-refractivity contribution in [3.05, 3.63) is 18.2 Å². The van der Waals surface area contributed by atoms with Crippen LogP contribution in [-0.4, -0.2) is 23.8 Å². The number of fused-ring (bicyclic) bond motifs is 1. The maximum Gasteiger partial charge on any atom is 0.307 e. The second-order valence-electron chi connectivity index (χ2n) is 4.34. The van der Waals surface area contributed by atoms with Crippen molar-refractivity contribution in [2.45, 2.75) is 6.42 Å². The second-order valence-corrected chi connectivity index (χ2v) is 4.34. The van der Waals surface area contributed by atoms with Crippen LogP contribution in [0.15, 0.2) is 18.2 Å². The fourth-order valence-corrected chi connectivity index (χ4v) is 1.97. The maximum absolute atomic E-state index is 11.7. The van der Waals surface area contributed by atoms with Crippen LogP contribution in [0.2, 0.25) is 0 Å². The van der Waals surface area contributed by atoms with Crippen molar-refractivity contribution in [1.82, 2.24) is 0 Å². The van der Waals surface area contributed by atoms with Crippen molar-refractivity contribution in [2.75, 3.05) is 12.1 Å². The molecule has 2 unspecified atom stereocenters. The van der Waals surface area contributed by atoms with E-state index in [9.17, 15) is 9.59 Å². The topological polar surface area (TPSA) is 84.9 Å². The number of rotatable bonds is 3. The van der Waals surface area contributed by atoms with Gasteiger partial charge in [-0.15, -0.1) is 0 Å². The third-order valence-corrected chi connectivity index (χ3v) is 3.08. The summed E-state index contributed by atoms with van der Waals surface area (Å²) in [6, 6.07) is 5.07. The van der Waals surface area contributed by atoms with Crippen molar-refractivity contribution in [3.63, 3.8) is 0 Å². The number of anilines is 1. The lowest BCUT2D eigenvalue weighted by molar-refractivity contribution is -0.139. The van der Waals surface area contributed by atoms with Gasteiger partial charge in [0, 0.05) is 11.8 Å². The molecular formula is C12H11NO5. The molecule has 1 amide bonds. The van der Waals surface area contributed by atoms with E-state index < -0.39 is 17.8 Å². The lowest BCUT2D eigenvalue weighted by Gasteiger charge is -2.05. The summed E-state index contributed by atoms with van der Waals surface area (Å²) in [5.41, 5.74) is 0.584. The van der Waals surface area contributed by atoms with E-state index in [0.717, 1.165) is 0 Å². The normalized spacial score (nSPS) is 23.6. The third kappa shape index (κ3) is 1.85. The van der Waals surface area contributed by atoms with Gasteiger partial charge in [-0.25, -0.2) is 0 Å². The summed E-state index contributed by atoms with van der Waals surface area (Å²) >= 11 is 0. The zero-order chi connectivity index (χ0) is 12.7. The zero-order valence-electron chi connectivity index (χ0n) is 9.38. The number of benzene rings is 1. The minimum absolute atomic E-state index is 0.177. The quantitative estimate of drug-likeness (QED) is 0.837. The molecule has 18 heavy (non-hydrogen) atoms. The van der Waals surface area contributed by atoms with Crippen molar-refractivity contribution in [3.8, 4) is 11.5 Å². The molecule has 1 fully saturated rings. The molecule has 0 saturated heterocycles. The Balaban J connectivity index is 1.67. The van der Waals surface area contributed by atoms with Crippen molar-refractivity contribution >= 4 is 17.6 Å². The van der Waals surface area contributed by atoms with E-state index in [2.05, 4.69) is 5.32 Å². The number of carboxylic acid groups (broad SMARTS) is 1. The number of carbonyl (C=O) groups is 2. The summed E-state index contributed by atoms with van der Waals surface area (Å²) in [6.07, 6.45) is 0.408. The van der Waals surface area contributed by atoms with Crippen LogP contribution < -0.4 is 14.8 Å². The van der Waals surface area contributed by atoms with Gasteiger partial charge < -0.3 is 19.9 Å². The number of hydrogen-bond acceptors (Lipinski definition) is 4. The second kappa shape index (κ2) is 3.90. The Bertz CT molecular complexity index is 527. The average molecular weight is 249 g/mol. The van der Waals surface area contributed by atoms with Crippen LogP contribution in [0.25, 0.3) is 0 Å². The van der Waals surface area contributed by atoms with Gasteiger partial charge in [-0.1, -0.05) is 0 Å². The molecule has 0 bridgehead atoms. The van der Waals surface area contributed by atoms with E-state index in [0.29, 0.717) is 23.6 Å². The zero-order valence-corrected chi connectivity index (χ0v) is 9.38. The lowest BCUT2D eigenvalue weighted by atomic mass is 10.2. The monoisotopic (exact) mass is 249 g/mol. The number of nitrogens with one attached hydrogen (secondary N) is 1. The molecule has 1 saturated carbocycles. The van der Waals surface area contributed by atoms with Gasteiger partial charge in [-0.3, -0.25) is 9.59 Å². The highest BCUT2D eigenvalue weighted by atomic mass is 16.7. The fraction of sp³-hybridized carbons (Fsp3) is 0.333. The number of aliphatic carboxylic acids is 1. The summed E-state index contributed by atoms with van der Waals surface area (Å²) < 4.78 is 10.3. The van der Waals surface area contributed by atoms with E-state index in [1.54, 1.807) is 18.2 Å². The van der Waals surface area contributed by atoms with Crippen LogP contribution in [0.1, 0.15) is 6.42 Å². The molecule has 6 nitrogen and oxygen atoms in total. The Kier molecular flexibility index (Phi) is 2.36. The molecule has 1 heterocycles. The number of carbonyl (C=O) groups excluding carboxylic acids is 1. The van der Waals surface area contributed by atoms with Gasteiger partial charge in [0.2, 0.25) is 12.7 Å². The van der Waals surface area contributed by atoms with Gasteiger partial charge in [-0.05, 0) is 18.6 Å². The predicted octanol–water partition coefficient (Wildman–Crippen LogP) is 1.07. The summed E-state index contributed by atoms with van der Waals surface area (Å²) in [6.45, 7) is 0.177. The van der Waals surface area contributed by atoms with Crippen molar-refractivity contribution < 1.29 is 24.2 Å². The van der Waals surface area contributed by atoms with Crippen LogP contribution >= 0.6 is 0 Å². The molecule has 2 N–H and O–H groups in total. The van der Waals surface area contributed by atoms with E-state index >= 15 is 0 Å². The number of carboxylic acids is 1. The molecular weight excluding hydrogens is 238 g/mol. The Morgan fingerprint density at radius 2 is 2.00 bits per heavy atom. The van der Waals surface area contributed by atoms with Crippen molar-refractivity contribution in [1.29, 1.82) is 0 Å². The van der Waals surface area contributed by atoms with E-state index in [1.807, 2.05) is 0 Å². The average Bonchev–Trinajstić information content (AvgIpc) is 3.02. The van der Waals surface area contributed by atoms with Crippen LogP contribution in [0, 0.1) is 11.8 Å².